The number of hydrogen-bond donors (Lipinski definition) is 1. The van der Waals surface area contributed by atoms with E-state index in [9.17, 15) is 13.2 Å². The standard InChI is InChI=1S/C12H12F3N3OS/c1-11(5-16-6-12(11,14)15)10-17-9(18-19-10)2-7-3-20-4-8(7)13/h3-4,16H,2,5-6H2,1H3. The van der Waals surface area contributed by atoms with Crippen molar-refractivity contribution < 1.29 is 17.7 Å². The topological polar surface area (TPSA) is 51.0 Å². The Morgan fingerprint density at radius 2 is 2.20 bits per heavy atom. The first-order valence-corrected chi connectivity index (χ1v) is 6.99. The number of aromatic nitrogens is 2. The number of hydrogen-bond acceptors (Lipinski definition) is 5. The van der Waals surface area contributed by atoms with Gasteiger partial charge >= 0.3 is 0 Å². The Labute approximate surface area is 117 Å². The van der Waals surface area contributed by atoms with Crippen molar-refractivity contribution in [3.63, 3.8) is 0 Å². The van der Waals surface area contributed by atoms with Crippen LogP contribution in [0.5, 0.6) is 0 Å². The van der Waals surface area contributed by atoms with Gasteiger partial charge in [-0.3, -0.25) is 0 Å². The zero-order chi connectivity index (χ0) is 14.4. The molecule has 1 aliphatic heterocycles. The molecule has 0 bridgehead atoms. The van der Waals surface area contributed by atoms with Crippen LogP contribution in [0.2, 0.25) is 0 Å². The van der Waals surface area contributed by atoms with E-state index in [-0.39, 0.29) is 30.5 Å². The van der Waals surface area contributed by atoms with E-state index >= 15 is 0 Å². The molecular weight excluding hydrogens is 291 g/mol. The highest BCUT2D eigenvalue weighted by molar-refractivity contribution is 7.08. The average molecular weight is 303 g/mol. The minimum Gasteiger partial charge on any atom is -0.338 e. The van der Waals surface area contributed by atoms with Gasteiger partial charge in [0.2, 0.25) is 5.89 Å². The third-order valence-corrected chi connectivity index (χ3v) is 4.37. The predicted octanol–water partition coefficient (Wildman–Crippen LogP) is 2.36. The van der Waals surface area contributed by atoms with Crippen LogP contribution < -0.4 is 5.32 Å². The van der Waals surface area contributed by atoms with Gasteiger partial charge in [-0.2, -0.15) is 4.98 Å². The molecule has 0 aromatic carbocycles. The molecule has 0 radical (unpaired) electrons. The van der Waals surface area contributed by atoms with Crippen molar-refractivity contribution in [3.05, 3.63) is 33.9 Å². The highest BCUT2D eigenvalue weighted by Crippen LogP contribution is 2.41. The van der Waals surface area contributed by atoms with Gasteiger partial charge in [-0.25, -0.2) is 13.2 Å². The summed E-state index contributed by atoms with van der Waals surface area (Å²) in [5.41, 5.74) is -1.09. The van der Waals surface area contributed by atoms with Gasteiger partial charge in [-0.05, 0) is 12.3 Å². The van der Waals surface area contributed by atoms with Crippen molar-refractivity contribution >= 4 is 11.3 Å². The Balaban J connectivity index is 1.86. The van der Waals surface area contributed by atoms with E-state index < -0.39 is 17.9 Å². The van der Waals surface area contributed by atoms with Crippen molar-refractivity contribution in [1.82, 2.24) is 15.5 Å². The lowest BCUT2D eigenvalue weighted by Gasteiger charge is -2.25. The van der Waals surface area contributed by atoms with Gasteiger partial charge in [0, 0.05) is 23.9 Å². The van der Waals surface area contributed by atoms with Crippen molar-refractivity contribution in [1.29, 1.82) is 0 Å². The van der Waals surface area contributed by atoms with E-state index in [1.807, 2.05) is 0 Å². The maximum absolute atomic E-state index is 13.9. The van der Waals surface area contributed by atoms with Crippen LogP contribution in [0.3, 0.4) is 0 Å². The first-order chi connectivity index (χ1) is 9.42. The Morgan fingerprint density at radius 1 is 1.40 bits per heavy atom. The van der Waals surface area contributed by atoms with Crippen LogP contribution in [0.15, 0.2) is 15.3 Å². The summed E-state index contributed by atoms with van der Waals surface area (Å²) in [6, 6.07) is 0. The molecule has 3 heterocycles. The maximum Gasteiger partial charge on any atom is 0.275 e. The van der Waals surface area contributed by atoms with Gasteiger partial charge in [0.15, 0.2) is 5.82 Å². The molecular formula is C12H12F3N3OS. The number of halogens is 3. The summed E-state index contributed by atoms with van der Waals surface area (Å²) in [7, 11) is 0. The molecule has 1 unspecified atom stereocenters. The fraction of sp³-hybridized carbons (Fsp3) is 0.500. The summed E-state index contributed by atoms with van der Waals surface area (Å²) >= 11 is 1.23. The Bertz CT molecular complexity index is 627. The summed E-state index contributed by atoms with van der Waals surface area (Å²) in [5, 5.41) is 9.31. The van der Waals surface area contributed by atoms with Gasteiger partial charge in [0.25, 0.3) is 5.92 Å². The summed E-state index contributed by atoms with van der Waals surface area (Å²) in [6.07, 6.45) is 0.133. The van der Waals surface area contributed by atoms with Crippen LogP contribution in [0, 0.1) is 5.82 Å². The van der Waals surface area contributed by atoms with Gasteiger partial charge in [0.1, 0.15) is 11.2 Å². The third kappa shape index (κ3) is 2.03. The Morgan fingerprint density at radius 3 is 2.80 bits per heavy atom. The van der Waals surface area contributed by atoms with Crippen LogP contribution >= 0.6 is 11.3 Å². The van der Waals surface area contributed by atoms with Gasteiger partial charge in [-0.15, -0.1) is 11.3 Å². The molecule has 8 heteroatoms. The monoisotopic (exact) mass is 303 g/mol. The number of thiophene rings is 1. The lowest BCUT2D eigenvalue weighted by molar-refractivity contribution is -0.0460. The normalized spacial score (nSPS) is 25.2. The van der Waals surface area contributed by atoms with Crippen LogP contribution in [0.4, 0.5) is 13.2 Å². The molecule has 4 nitrogen and oxygen atoms in total. The lowest BCUT2D eigenvalue weighted by atomic mass is 9.86. The van der Waals surface area contributed by atoms with Gasteiger partial charge in [-0.1, -0.05) is 5.16 Å². The molecule has 1 aliphatic rings. The van der Waals surface area contributed by atoms with E-state index in [0.29, 0.717) is 5.56 Å². The van der Waals surface area contributed by atoms with Crippen molar-refractivity contribution in [2.45, 2.75) is 24.7 Å². The SMILES string of the molecule is CC1(c2nc(Cc3cscc3F)no2)CNCC1(F)F. The molecule has 0 aliphatic carbocycles. The van der Waals surface area contributed by atoms with Crippen LogP contribution in [-0.4, -0.2) is 29.2 Å². The third-order valence-electron chi connectivity index (χ3n) is 3.61. The number of rotatable bonds is 3. The fourth-order valence-electron chi connectivity index (χ4n) is 2.18. The molecule has 0 spiro atoms. The summed E-state index contributed by atoms with van der Waals surface area (Å²) in [4.78, 5) is 4.02. The quantitative estimate of drug-likeness (QED) is 0.945. The van der Waals surface area contributed by atoms with Crippen molar-refractivity contribution in [3.8, 4) is 0 Å². The molecule has 0 saturated carbocycles. The van der Waals surface area contributed by atoms with E-state index in [1.54, 1.807) is 5.38 Å². The summed E-state index contributed by atoms with van der Waals surface area (Å²) in [6.45, 7) is 1.03. The van der Waals surface area contributed by atoms with Crippen LogP contribution in [-0.2, 0) is 11.8 Å². The Kier molecular flexibility index (Phi) is 3.09. The summed E-state index contributed by atoms with van der Waals surface area (Å²) in [5.74, 6) is -3.20. The molecule has 1 saturated heterocycles. The van der Waals surface area contributed by atoms with E-state index in [0.717, 1.165) is 0 Å². The average Bonchev–Trinajstić information content (AvgIpc) is 3.05. The van der Waals surface area contributed by atoms with E-state index in [1.165, 1.54) is 23.6 Å². The maximum atomic E-state index is 13.9. The predicted molar refractivity (Wildman–Crippen MR) is 66.5 cm³/mol. The number of nitrogens with zero attached hydrogens (tertiary/aromatic N) is 2. The molecule has 1 fully saturated rings. The van der Waals surface area contributed by atoms with Gasteiger partial charge in [0.05, 0.1) is 6.54 Å². The second-order valence-corrected chi connectivity index (χ2v) is 5.82. The molecule has 1 N–H and O–H groups in total. The van der Waals surface area contributed by atoms with Crippen molar-refractivity contribution in [2.75, 3.05) is 13.1 Å². The van der Waals surface area contributed by atoms with Crippen LogP contribution in [0.25, 0.3) is 0 Å². The fourth-order valence-corrected chi connectivity index (χ4v) is 2.88. The van der Waals surface area contributed by atoms with Crippen LogP contribution in [0.1, 0.15) is 24.2 Å². The molecule has 2 aromatic rings. The zero-order valence-electron chi connectivity index (χ0n) is 10.6. The summed E-state index contributed by atoms with van der Waals surface area (Å²) < 4.78 is 46.1. The van der Waals surface area contributed by atoms with Crippen molar-refractivity contribution in [2.24, 2.45) is 0 Å². The zero-order valence-corrected chi connectivity index (χ0v) is 11.4. The number of alkyl halides is 2. The second kappa shape index (κ2) is 4.56. The molecule has 3 rings (SSSR count). The molecule has 20 heavy (non-hydrogen) atoms. The minimum absolute atomic E-state index is 0.0639. The minimum atomic E-state index is -2.95. The smallest absolute Gasteiger partial charge is 0.275 e. The second-order valence-electron chi connectivity index (χ2n) is 5.08. The lowest BCUT2D eigenvalue weighted by Crippen LogP contribution is -2.41. The van der Waals surface area contributed by atoms with Gasteiger partial charge < -0.3 is 9.84 Å². The largest absolute Gasteiger partial charge is 0.338 e. The first-order valence-electron chi connectivity index (χ1n) is 6.04. The molecule has 2 aromatic heterocycles. The first kappa shape index (κ1) is 13.6. The highest BCUT2D eigenvalue weighted by Gasteiger charge is 2.58. The van der Waals surface area contributed by atoms with E-state index in [4.69, 9.17) is 4.52 Å². The number of nitrogens with one attached hydrogen (secondary N) is 1. The highest BCUT2D eigenvalue weighted by atomic mass is 32.1. The molecule has 1 atom stereocenters. The van der Waals surface area contributed by atoms with E-state index in [2.05, 4.69) is 15.5 Å². The molecule has 108 valence electrons. The Hall–Kier alpha value is -1.41. The molecule has 0 amide bonds.